The second kappa shape index (κ2) is 8.28. The molecule has 0 bridgehead atoms. The molecule has 9 heteroatoms. The summed E-state index contributed by atoms with van der Waals surface area (Å²) in [7, 11) is 1.47. The van der Waals surface area contributed by atoms with Gasteiger partial charge in [-0.15, -0.1) is 0 Å². The van der Waals surface area contributed by atoms with E-state index in [4.69, 9.17) is 4.74 Å². The molecule has 0 fully saturated rings. The molecule has 1 heterocycles. The second-order valence-corrected chi connectivity index (χ2v) is 9.01. The van der Waals surface area contributed by atoms with E-state index < -0.39 is 30.2 Å². The van der Waals surface area contributed by atoms with Crippen LogP contribution in [-0.4, -0.2) is 30.5 Å². The lowest BCUT2D eigenvalue weighted by molar-refractivity contribution is -0.260. The van der Waals surface area contributed by atoms with Crippen LogP contribution in [0.15, 0.2) is 40.9 Å². The smallest absolute Gasteiger partial charge is 0.418 e. The van der Waals surface area contributed by atoms with Crippen LogP contribution in [-0.2, 0) is 12.0 Å². The van der Waals surface area contributed by atoms with Crippen LogP contribution in [0.5, 0.6) is 5.75 Å². The van der Waals surface area contributed by atoms with Crippen LogP contribution in [0, 0.1) is 0 Å². The zero-order valence-electron chi connectivity index (χ0n) is 17.0. The largest absolute Gasteiger partial charge is 0.496 e. The molecular formula is C21H25BrF3N3O2. The molecule has 0 spiro atoms. The summed E-state index contributed by atoms with van der Waals surface area (Å²) in [4.78, 5) is 0. The summed E-state index contributed by atoms with van der Waals surface area (Å²) in [6.07, 6.45) is -5.37. The fourth-order valence-corrected chi connectivity index (χ4v) is 4.18. The number of hydrogen-bond acceptors (Lipinski definition) is 5. The third kappa shape index (κ3) is 4.53. The predicted molar refractivity (Wildman–Crippen MR) is 115 cm³/mol. The van der Waals surface area contributed by atoms with Gasteiger partial charge in [-0.25, -0.2) is 5.43 Å². The van der Waals surface area contributed by atoms with Gasteiger partial charge in [0.05, 0.1) is 19.3 Å². The number of hydrazine groups is 1. The predicted octanol–water partition coefficient (Wildman–Crippen LogP) is 4.96. The van der Waals surface area contributed by atoms with Gasteiger partial charge in [0.25, 0.3) is 0 Å². The van der Waals surface area contributed by atoms with Crippen LogP contribution in [0.25, 0.3) is 0 Å². The van der Waals surface area contributed by atoms with Gasteiger partial charge in [-0.1, -0.05) is 41.9 Å². The maximum Gasteiger partial charge on any atom is 0.418 e. The Morgan fingerprint density at radius 1 is 1.20 bits per heavy atom. The van der Waals surface area contributed by atoms with Crippen LogP contribution in [0.1, 0.15) is 31.4 Å². The molecule has 0 saturated heterocycles. The van der Waals surface area contributed by atoms with Crippen molar-refractivity contribution in [2.24, 2.45) is 0 Å². The number of nitrogens with one attached hydrogen (secondary N) is 3. The molecule has 30 heavy (non-hydrogen) atoms. The molecule has 0 radical (unpaired) electrons. The summed E-state index contributed by atoms with van der Waals surface area (Å²) in [6.45, 7) is 3.15. The summed E-state index contributed by atoms with van der Waals surface area (Å²) in [5.41, 5.74) is 4.70. The average Bonchev–Trinajstić information content (AvgIpc) is 3.14. The third-order valence-corrected chi connectivity index (χ3v) is 5.88. The number of fused-ring (bicyclic) bond motifs is 1. The Morgan fingerprint density at radius 2 is 1.93 bits per heavy atom. The highest BCUT2D eigenvalue weighted by atomic mass is 79.9. The molecule has 2 aromatic carbocycles. The molecule has 1 unspecified atom stereocenters. The van der Waals surface area contributed by atoms with Gasteiger partial charge < -0.3 is 20.6 Å². The van der Waals surface area contributed by atoms with Gasteiger partial charge in [0.1, 0.15) is 5.75 Å². The van der Waals surface area contributed by atoms with Crippen LogP contribution >= 0.6 is 15.9 Å². The first kappa shape index (κ1) is 22.7. The Hall–Kier alpha value is -1.97. The van der Waals surface area contributed by atoms with Gasteiger partial charge in [0.15, 0.2) is 5.60 Å². The summed E-state index contributed by atoms with van der Waals surface area (Å²) in [5.74, 6) is 0.463. The number of methoxy groups -OCH3 is 1. The zero-order chi connectivity index (χ0) is 22.2. The molecule has 0 aromatic heterocycles. The van der Waals surface area contributed by atoms with Crippen molar-refractivity contribution in [3.05, 3.63) is 52.0 Å². The summed E-state index contributed by atoms with van der Waals surface area (Å²) >= 11 is 3.34. The average molecular weight is 488 g/mol. The summed E-state index contributed by atoms with van der Waals surface area (Å²) in [6, 6.07) is 10.4. The molecule has 1 aliphatic heterocycles. The van der Waals surface area contributed by atoms with E-state index in [2.05, 4.69) is 32.1 Å². The number of anilines is 2. The number of halogens is 4. The third-order valence-electron chi connectivity index (χ3n) is 5.39. The molecule has 0 aliphatic carbocycles. The molecule has 3 rings (SSSR count). The number of benzene rings is 2. The van der Waals surface area contributed by atoms with Crippen molar-refractivity contribution < 1.29 is 23.0 Å². The number of ether oxygens (including phenoxy) is 1. The van der Waals surface area contributed by atoms with Crippen molar-refractivity contribution in [2.45, 2.75) is 44.0 Å². The number of alkyl halides is 3. The van der Waals surface area contributed by atoms with E-state index in [0.29, 0.717) is 23.5 Å². The number of hydrogen-bond donors (Lipinski definition) is 4. The highest BCUT2D eigenvalue weighted by molar-refractivity contribution is 9.10. The Morgan fingerprint density at radius 3 is 2.60 bits per heavy atom. The lowest BCUT2D eigenvalue weighted by Gasteiger charge is -2.38. The monoisotopic (exact) mass is 487 g/mol. The first-order valence-corrected chi connectivity index (χ1v) is 10.2. The Labute approximate surface area is 182 Å². The lowest BCUT2D eigenvalue weighted by Crippen LogP contribution is -2.53. The summed E-state index contributed by atoms with van der Waals surface area (Å²) in [5, 5.41) is 13.6. The highest BCUT2D eigenvalue weighted by Gasteiger charge is 2.56. The first-order chi connectivity index (χ1) is 14.0. The van der Waals surface area contributed by atoms with Crippen molar-refractivity contribution >= 4 is 27.3 Å². The minimum Gasteiger partial charge on any atom is -0.496 e. The van der Waals surface area contributed by atoms with Crippen molar-refractivity contribution in [1.82, 2.24) is 5.43 Å². The van der Waals surface area contributed by atoms with E-state index in [1.165, 1.54) is 7.11 Å². The lowest BCUT2D eigenvalue weighted by atomic mass is 9.74. The quantitative estimate of drug-likeness (QED) is 0.444. The van der Waals surface area contributed by atoms with Gasteiger partial charge in [-0.2, -0.15) is 13.2 Å². The van der Waals surface area contributed by atoms with Crippen LogP contribution in [0.3, 0.4) is 0 Å². The Bertz CT molecular complexity index is 921. The second-order valence-electron chi connectivity index (χ2n) is 8.10. The molecule has 1 atom stereocenters. The summed E-state index contributed by atoms with van der Waals surface area (Å²) < 4.78 is 48.2. The normalized spacial score (nSPS) is 15.9. The molecule has 1 aliphatic rings. The van der Waals surface area contributed by atoms with E-state index in [1.807, 2.05) is 6.07 Å². The van der Waals surface area contributed by atoms with Crippen molar-refractivity contribution in [1.29, 1.82) is 0 Å². The van der Waals surface area contributed by atoms with E-state index >= 15 is 0 Å². The topological polar surface area (TPSA) is 65.5 Å². The van der Waals surface area contributed by atoms with Gasteiger partial charge in [-0.3, -0.25) is 0 Å². The molecule has 5 nitrogen and oxygen atoms in total. The first-order valence-electron chi connectivity index (χ1n) is 9.45. The SMILES string of the molecule is COc1cc(Br)ccc1C(C)(C)CC(O)(CNc1cccc2c1CNN2)C(F)(F)F. The van der Waals surface area contributed by atoms with Gasteiger partial charge in [0, 0.05) is 22.3 Å². The zero-order valence-corrected chi connectivity index (χ0v) is 18.5. The van der Waals surface area contributed by atoms with Crippen molar-refractivity contribution in [2.75, 3.05) is 24.4 Å². The van der Waals surface area contributed by atoms with E-state index in [-0.39, 0.29) is 0 Å². The molecular weight excluding hydrogens is 463 g/mol. The Balaban J connectivity index is 1.88. The Kier molecular flexibility index (Phi) is 6.27. The maximum absolute atomic E-state index is 14.0. The maximum atomic E-state index is 14.0. The fourth-order valence-electron chi connectivity index (χ4n) is 3.84. The van der Waals surface area contributed by atoms with Crippen LogP contribution in [0.4, 0.5) is 24.5 Å². The van der Waals surface area contributed by atoms with Crippen LogP contribution < -0.4 is 20.9 Å². The van der Waals surface area contributed by atoms with Gasteiger partial charge in [-0.05, 0) is 41.7 Å². The van der Waals surface area contributed by atoms with E-state index in [1.54, 1.807) is 44.2 Å². The minimum absolute atomic E-state index is 0.463. The van der Waals surface area contributed by atoms with E-state index in [9.17, 15) is 18.3 Å². The van der Waals surface area contributed by atoms with Gasteiger partial charge >= 0.3 is 6.18 Å². The van der Waals surface area contributed by atoms with E-state index in [0.717, 1.165) is 15.7 Å². The highest BCUT2D eigenvalue weighted by Crippen LogP contribution is 2.44. The van der Waals surface area contributed by atoms with Crippen molar-refractivity contribution in [3.63, 3.8) is 0 Å². The number of rotatable bonds is 7. The van der Waals surface area contributed by atoms with Gasteiger partial charge in [0.2, 0.25) is 0 Å². The molecule has 4 N–H and O–H groups in total. The standard InChI is InChI=1S/C21H25BrF3N3O2/c1-19(2,15-8-7-13(22)9-18(15)30-3)11-20(29,21(23,24)25)12-26-16-5-4-6-17-14(16)10-27-28-17/h4-9,26-29H,10-12H2,1-3H3. The molecule has 164 valence electrons. The molecule has 0 amide bonds. The molecule has 2 aromatic rings. The fraction of sp³-hybridized carbons (Fsp3) is 0.429. The van der Waals surface area contributed by atoms with Crippen molar-refractivity contribution in [3.8, 4) is 5.75 Å². The minimum atomic E-state index is -4.83. The molecule has 0 saturated carbocycles. The van der Waals surface area contributed by atoms with Crippen LogP contribution in [0.2, 0.25) is 0 Å². The number of aliphatic hydroxyl groups is 1.